The molecule has 0 aromatic carbocycles. The lowest BCUT2D eigenvalue weighted by molar-refractivity contribution is 0.0601. The van der Waals surface area contributed by atoms with Gasteiger partial charge in [0.05, 0.1) is 12.7 Å². The number of nitrogens with zero attached hydrogens (tertiary/aromatic N) is 1. The number of amides is 1. The summed E-state index contributed by atoms with van der Waals surface area (Å²) in [5.41, 5.74) is 7.53. The van der Waals surface area contributed by atoms with Crippen molar-refractivity contribution in [2.75, 3.05) is 18.2 Å². The number of carbonyl (C=O) groups is 2. The van der Waals surface area contributed by atoms with Crippen LogP contribution in [0.3, 0.4) is 0 Å². The normalized spacial score (nSPS) is 13.4. The molecule has 1 aliphatic carbocycles. The van der Waals surface area contributed by atoms with Crippen molar-refractivity contribution in [3.63, 3.8) is 0 Å². The molecule has 2 aromatic rings. The fraction of sp³-hybridized carbons (Fsp3) is 0.438. The van der Waals surface area contributed by atoms with Gasteiger partial charge in [0.25, 0.3) is 5.91 Å². The van der Waals surface area contributed by atoms with Gasteiger partial charge in [-0.3, -0.25) is 4.79 Å². The number of esters is 1. The predicted molar refractivity (Wildman–Crippen MR) is 103 cm³/mol. The number of aryl methyl sites for hydroxylation is 1. The number of aromatic nitrogens is 1. The van der Waals surface area contributed by atoms with Gasteiger partial charge in [0.15, 0.2) is 3.95 Å². The second-order valence-electron chi connectivity index (χ2n) is 5.69. The molecule has 0 aliphatic heterocycles. The highest BCUT2D eigenvalue weighted by atomic mass is 32.1. The van der Waals surface area contributed by atoms with E-state index in [4.69, 9.17) is 22.7 Å². The molecule has 0 atom stereocenters. The van der Waals surface area contributed by atoms with Crippen LogP contribution in [0.15, 0.2) is 0 Å². The Morgan fingerprint density at radius 1 is 1.32 bits per heavy atom. The number of hydrogen-bond acceptors (Lipinski definition) is 7. The summed E-state index contributed by atoms with van der Waals surface area (Å²) >= 11 is 7.88. The fourth-order valence-corrected chi connectivity index (χ4v) is 5.63. The minimum atomic E-state index is -0.415. The van der Waals surface area contributed by atoms with Crippen LogP contribution in [-0.4, -0.2) is 23.6 Å². The Bertz CT molecular complexity index is 895. The third kappa shape index (κ3) is 3.23. The number of thiazole rings is 1. The van der Waals surface area contributed by atoms with Crippen molar-refractivity contribution >= 4 is 57.6 Å². The Morgan fingerprint density at radius 2 is 2.04 bits per heavy atom. The highest BCUT2D eigenvalue weighted by Gasteiger charge is 2.28. The number of fused-ring (bicyclic) bond motifs is 1. The van der Waals surface area contributed by atoms with Gasteiger partial charge in [-0.15, -0.1) is 11.3 Å². The molecule has 0 radical (unpaired) electrons. The maximum atomic E-state index is 12.7. The molecule has 3 rings (SSSR count). The van der Waals surface area contributed by atoms with Crippen LogP contribution in [0.25, 0.3) is 0 Å². The van der Waals surface area contributed by atoms with Crippen molar-refractivity contribution in [1.82, 2.24) is 4.57 Å². The summed E-state index contributed by atoms with van der Waals surface area (Å²) < 4.78 is 7.20. The van der Waals surface area contributed by atoms with Gasteiger partial charge < -0.3 is 20.4 Å². The molecule has 6 nitrogen and oxygen atoms in total. The lowest BCUT2D eigenvalue weighted by Gasteiger charge is -2.11. The summed E-state index contributed by atoms with van der Waals surface area (Å²) in [5, 5.41) is 3.39. The molecule has 0 bridgehead atoms. The smallest absolute Gasteiger partial charge is 0.341 e. The first kappa shape index (κ1) is 18.1. The average molecular weight is 398 g/mol. The topological polar surface area (TPSA) is 86.4 Å². The van der Waals surface area contributed by atoms with Crippen LogP contribution in [-0.2, 0) is 24.1 Å². The summed E-state index contributed by atoms with van der Waals surface area (Å²) in [7, 11) is 1.35. The van der Waals surface area contributed by atoms with E-state index in [1.54, 1.807) is 4.57 Å². The molecule has 0 fully saturated rings. The van der Waals surface area contributed by atoms with Crippen molar-refractivity contribution < 1.29 is 14.3 Å². The maximum absolute atomic E-state index is 12.7. The summed E-state index contributed by atoms with van der Waals surface area (Å²) in [5.74, 6) is -0.401. The van der Waals surface area contributed by atoms with Crippen LogP contribution in [0.2, 0.25) is 0 Å². The molecular formula is C16H19N3O3S3. The number of nitrogens with two attached hydrogens (primary N) is 1. The van der Waals surface area contributed by atoms with Gasteiger partial charge in [-0.05, 0) is 50.4 Å². The molecular weight excluding hydrogens is 378 g/mol. The highest BCUT2D eigenvalue weighted by molar-refractivity contribution is 7.73. The zero-order valence-electron chi connectivity index (χ0n) is 14.0. The molecule has 1 aliphatic rings. The summed E-state index contributed by atoms with van der Waals surface area (Å²) in [6.07, 6.45) is 3.89. The molecule has 3 N–H and O–H groups in total. The van der Waals surface area contributed by atoms with Crippen LogP contribution >= 0.6 is 34.9 Å². The molecule has 25 heavy (non-hydrogen) atoms. The lowest BCUT2D eigenvalue weighted by Crippen LogP contribution is -2.16. The van der Waals surface area contributed by atoms with E-state index in [2.05, 4.69) is 5.32 Å². The van der Waals surface area contributed by atoms with Gasteiger partial charge in [0.1, 0.15) is 15.7 Å². The molecule has 0 saturated heterocycles. The molecule has 2 heterocycles. The lowest BCUT2D eigenvalue weighted by atomic mass is 9.95. The molecule has 2 aromatic heterocycles. The van der Waals surface area contributed by atoms with E-state index in [1.807, 2.05) is 6.92 Å². The standard InChI is InChI=1S/C16H19N3O3S3/c1-3-19-12(17)11(25-16(19)23)13(20)18-14-10(15(21)22-2)8-6-4-5-7-9(8)24-14/h3-7,17H2,1-2H3,(H,18,20). The third-order valence-electron chi connectivity index (χ3n) is 4.24. The Morgan fingerprint density at radius 3 is 2.68 bits per heavy atom. The largest absolute Gasteiger partial charge is 0.465 e. The number of thiophene rings is 1. The van der Waals surface area contributed by atoms with Crippen LogP contribution in [0.1, 0.15) is 50.2 Å². The van der Waals surface area contributed by atoms with Crippen molar-refractivity contribution in [2.24, 2.45) is 0 Å². The Hall–Kier alpha value is -1.71. The van der Waals surface area contributed by atoms with Gasteiger partial charge in [-0.25, -0.2) is 4.79 Å². The third-order valence-corrected chi connectivity index (χ3v) is 6.91. The number of ether oxygens (including phenoxy) is 1. The van der Waals surface area contributed by atoms with E-state index in [0.29, 0.717) is 31.8 Å². The van der Waals surface area contributed by atoms with Crippen LogP contribution in [0.5, 0.6) is 0 Å². The number of methoxy groups -OCH3 is 1. The predicted octanol–water partition coefficient (Wildman–Crippen LogP) is 3.86. The minimum absolute atomic E-state index is 0.343. The Balaban J connectivity index is 1.98. The zero-order valence-corrected chi connectivity index (χ0v) is 16.5. The van der Waals surface area contributed by atoms with E-state index in [1.165, 1.54) is 29.8 Å². The van der Waals surface area contributed by atoms with Gasteiger partial charge in [0.2, 0.25) is 0 Å². The second kappa shape index (κ2) is 7.27. The SMILES string of the molecule is CCn1c(N)c(C(=O)Nc2sc3c(c2C(=O)OC)CCCC3)sc1=S. The van der Waals surface area contributed by atoms with Gasteiger partial charge in [-0.1, -0.05) is 11.3 Å². The molecule has 0 spiro atoms. The van der Waals surface area contributed by atoms with E-state index >= 15 is 0 Å². The van der Waals surface area contributed by atoms with Crippen LogP contribution in [0, 0.1) is 3.95 Å². The summed E-state index contributed by atoms with van der Waals surface area (Å²) in [6.45, 7) is 2.53. The van der Waals surface area contributed by atoms with Gasteiger partial charge >= 0.3 is 5.97 Å². The van der Waals surface area contributed by atoms with Crippen molar-refractivity contribution in [1.29, 1.82) is 0 Å². The molecule has 1 amide bonds. The number of carbonyl (C=O) groups excluding carboxylic acids is 2. The van der Waals surface area contributed by atoms with E-state index < -0.39 is 5.97 Å². The second-order valence-corrected chi connectivity index (χ2v) is 8.44. The van der Waals surface area contributed by atoms with E-state index in [0.717, 1.165) is 36.1 Å². The van der Waals surface area contributed by atoms with Gasteiger partial charge in [-0.2, -0.15) is 0 Å². The highest BCUT2D eigenvalue weighted by Crippen LogP contribution is 2.39. The average Bonchev–Trinajstić information content (AvgIpc) is 3.10. The fourth-order valence-electron chi connectivity index (χ4n) is 3.01. The monoisotopic (exact) mass is 397 g/mol. The Labute approximate surface area is 158 Å². The van der Waals surface area contributed by atoms with Crippen LogP contribution in [0.4, 0.5) is 10.8 Å². The van der Waals surface area contributed by atoms with Crippen molar-refractivity contribution in [3.8, 4) is 0 Å². The molecule has 134 valence electrons. The minimum Gasteiger partial charge on any atom is -0.465 e. The summed E-state index contributed by atoms with van der Waals surface area (Å²) in [6, 6.07) is 0. The summed E-state index contributed by atoms with van der Waals surface area (Å²) in [4.78, 5) is 26.5. The first-order valence-corrected chi connectivity index (χ1v) is 10.0. The number of anilines is 2. The van der Waals surface area contributed by atoms with E-state index in [9.17, 15) is 9.59 Å². The zero-order chi connectivity index (χ0) is 18.1. The number of nitrogen functional groups attached to an aromatic ring is 1. The maximum Gasteiger partial charge on any atom is 0.341 e. The molecule has 9 heteroatoms. The first-order chi connectivity index (χ1) is 12.0. The molecule has 0 unspecified atom stereocenters. The number of rotatable bonds is 4. The number of nitrogens with one attached hydrogen (secondary N) is 1. The first-order valence-electron chi connectivity index (χ1n) is 8.01. The number of hydrogen-bond donors (Lipinski definition) is 2. The molecule has 0 saturated carbocycles. The van der Waals surface area contributed by atoms with Crippen LogP contribution < -0.4 is 11.1 Å². The Kier molecular flexibility index (Phi) is 5.26. The van der Waals surface area contributed by atoms with E-state index in [-0.39, 0.29) is 5.91 Å². The van der Waals surface area contributed by atoms with Crippen molar-refractivity contribution in [3.05, 3.63) is 24.8 Å². The van der Waals surface area contributed by atoms with Gasteiger partial charge in [0, 0.05) is 11.4 Å². The van der Waals surface area contributed by atoms with Crippen molar-refractivity contribution in [2.45, 2.75) is 39.2 Å². The quantitative estimate of drug-likeness (QED) is 0.604.